The van der Waals surface area contributed by atoms with Crippen molar-refractivity contribution in [3.63, 3.8) is 0 Å². The molecule has 1 heterocycles. The molecule has 5 atom stereocenters. The average Bonchev–Trinajstić information content (AvgIpc) is 3.36. The number of nitrogens with zero attached hydrogens (tertiary/aromatic N) is 1. The molecule has 4 amide bonds. The number of fused-ring (bicyclic) bond motifs is 3. The number of benzene rings is 2. The predicted octanol–water partition coefficient (Wildman–Crippen LogP) is 5.57. The molecule has 46 heavy (non-hydrogen) atoms. The molecule has 4 rings (SSSR count). The van der Waals surface area contributed by atoms with Crippen LogP contribution in [0.2, 0.25) is 10.0 Å². The Balaban J connectivity index is 1.79. The number of carboxylic acid groups (broad SMARTS) is 1. The highest BCUT2D eigenvalue weighted by atomic mass is 35.5. The van der Waals surface area contributed by atoms with Gasteiger partial charge in [-0.15, -0.1) is 0 Å². The maximum atomic E-state index is 14.3. The summed E-state index contributed by atoms with van der Waals surface area (Å²) in [6, 6.07) is 6.60. The Hall–Kier alpha value is -3.83. The lowest BCUT2D eigenvalue weighted by molar-refractivity contribution is -0.139. The monoisotopic (exact) mass is 675 g/mol. The molecule has 0 saturated carbocycles. The molecule has 0 aliphatic heterocycles. The number of H-pyrrole nitrogens is 1. The van der Waals surface area contributed by atoms with Gasteiger partial charge in [-0.3, -0.25) is 19.3 Å². The van der Waals surface area contributed by atoms with Crippen LogP contribution in [0.5, 0.6) is 0 Å². The number of hydrogen-bond donors (Lipinski definition) is 5. The van der Waals surface area contributed by atoms with E-state index < -0.39 is 53.2 Å². The highest BCUT2D eigenvalue weighted by Crippen LogP contribution is 2.38. The Morgan fingerprint density at radius 3 is 2.41 bits per heavy atom. The van der Waals surface area contributed by atoms with E-state index >= 15 is 0 Å². The summed E-state index contributed by atoms with van der Waals surface area (Å²) >= 11 is 12.8. The first-order valence-electron chi connectivity index (χ1n) is 15.4. The molecule has 1 aliphatic rings. The molecule has 0 radical (unpaired) electrons. The first-order valence-corrected chi connectivity index (χ1v) is 16.1. The lowest BCUT2D eigenvalue weighted by atomic mass is 9.78. The number of carbonyl (C=O) groups is 4. The highest BCUT2D eigenvalue weighted by Gasteiger charge is 2.47. The molecular weight excluding hydrogens is 636 g/mol. The molecule has 2 unspecified atom stereocenters. The van der Waals surface area contributed by atoms with Gasteiger partial charge in [0, 0.05) is 29.1 Å². The van der Waals surface area contributed by atoms with Gasteiger partial charge in [0.25, 0.3) is 0 Å². The largest absolute Gasteiger partial charge is 0.465 e. The molecule has 1 aromatic heterocycles. The van der Waals surface area contributed by atoms with Crippen molar-refractivity contribution in [1.82, 2.24) is 20.5 Å². The number of aryl methyl sites for hydroxylation is 1. The fraction of sp³-hybridized carbons (Fsp3) is 0.455. The molecule has 13 heteroatoms. The van der Waals surface area contributed by atoms with Gasteiger partial charge in [-0.2, -0.15) is 0 Å². The smallest absolute Gasteiger partial charge is 0.408 e. The van der Waals surface area contributed by atoms with Crippen molar-refractivity contribution in [2.75, 3.05) is 0 Å². The van der Waals surface area contributed by atoms with Crippen molar-refractivity contribution < 1.29 is 28.7 Å². The van der Waals surface area contributed by atoms with Crippen LogP contribution in [0.25, 0.3) is 10.9 Å². The standard InChI is InChI=1S/C33H40Cl2FN5O5/c1-5-17(3)26(29(37)42)39-31(44)33(11-10-25-23(15-33)22-13-20(34)14-24(35)27(22)38-25)40-30(43)28(18(4)6-2)41(32(45)46)16-19-8-7-9-21(36)12-19/h7-9,12-14,17-18,26,28,38H,5-6,10-11,15-16H2,1-4H3,(H2,37,42)(H,39,44)(H,40,43)(H,45,46)/t17-,18-,26?,28?,33+/m0/s1. The van der Waals surface area contributed by atoms with Crippen LogP contribution in [0.15, 0.2) is 36.4 Å². The number of nitrogens with one attached hydrogen (secondary N) is 3. The Labute approximate surface area is 277 Å². The number of nitrogens with two attached hydrogens (primary N) is 1. The SMILES string of the molecule is CC[C@H](C)C(NC(=O)[C@@]1(NC(=O)C([C@@H](C)CC)N(Cc2cccc(F)c2)C(=O)O)CCc2[nH]c3c(Cl)cc(Cl)cc3c2C1)C(N)=O. The molecule has 0 bridgehead atoms. The van der Waals surface area contributed by atoms with Gasteiger partial charge in [-0.05, 0) is 60.1 Å². The Morgan fingerprint density at radius 1 is 1.11 bits per heavy atom. The van der Waals surface area contributed by atoms with Gasteiger partial charge < -0.3 is 26.5 Å². The quantitative estimate of drug-likeness (QED) is 0.170. The van der Waals surface area contributed by atoms with E-state index in [1.165, 1.54) is 18.2 Å². The minimum atomic E-state index is -1.59. The second-order valence-electron chi connectivity index (χ2n) is 12.3. The summed E-state index contributed by atoms with van der Waals surface area (Å²) in [5, 5.41) is 17.5. The van der Waals surface area contributed by atoms with Gasteiger partial charge in [-0.25, -0.2) is 9.18 Å². The van der Waals surface area contributed by atoms with E-state index in [-0.39, 0.29) is 25.3 Å². The Morgan fingerprint density at radius 2 is 1.80 bits per heavy atom. The van der Waals surface area contributed by atoms with Crippen molar-refractivity contribution in [3.05, 3.63) is 69.1 Å². The van der Waals surface area contributed by atoms with Crippen LogP contribution in [0.3, 0.4) is 0 Å². The lowest BCUT2D eigenvalue weighted by Crippen LogP contribution is -2.67. The summed E-state index contributed by atoms with van der Waals surface area (Å²) in [7, 11) is 0. The fourth-order valence-corrected chi connectivity index (χ4v) is 6.74. The number of halogens is 3. The number of rotatable bonds is 12. The zero-order valence-electron chi connectivity index (χ0n) is 26.3. The van der Waals surface area contributed by atoms with Crippen molar-refractivity contribution in [1.29, 1.82) is 0 Å². The topological polar surface area (TPSA) is 158 Å². The first-order chi connectivity index (χ1) is 21.7. The van der Waals surface area contributed by atoms with Crippen LogP contribution < -0.4 is 16.4 Å². The second kappa shape index (κ2) is 14.3. The predicted molar refractivity (Wildman–Crippen MR) is 175 cm³/mol. The Kier molecular flexibility index (Phi) is 10.9. The van der Waals surface area contributed by atoms with Gasteiger partial charge in [0.2, 0.25) is 17.7 Å². The summed E-state index contributed by atoms with van der Waals surface area (Å²) in [6.45, 7) is 6.97. The molecule has 1 aliphatic carbocycles. The number of hydrogen-bond acceptors (Lipinski definition) is 4. The van der Waals surface area contributed by atoms with Crippen LogP contribution in [-0.4, -0.2) is 56.4 Å². The minimum absolute atomic E-state index is 0.00671. The zero-order chi connectivity index (χ0) is 33.9. The van der Waals surface area contributed by atoms with E-state index in [1.807, 2.05) is 13.8 Å². The first kappa shape index (κ1) is 35.0. The van der Waals surface area contributed by atoms with E-state index in [1.54, 1.807) is 32.0 Å². The van der Waals surface area contributed by atoms with Crippen molar-refractivity contribution in [2.45, 2.75) is 84.0 Å². The van der Waals surface area contributed by atoms with Crippen LogP contribution >= 0.6 is 23.2 Å². The lowest BCUT2D eigenvalue weighted by Gasteiger charge is -2.41. The summed E-state index contributed by atoms with van der Waals surface area (Å²) in [5.41, 5.74) is 6.64. The van der Waals surface area contributed by atoms with E-state index in [4.69, 9.17) is 28.9 Å². The molecule has 6 N–H and O–H groups in total. The number of aromatic nitrogens is 1. The van der Waals surface area contributed by atoms with Crippen LogP contribution in [0, 0.1) is 17.7 Å². The highest BCUT2D eigenvalue weighted by molar-refractivity contribution is 6.38. The third-order valence-electron chi connectivity index (χ3n) is 9.18. The molecule has 2 aromatic carbocycles. The van der Waals surface area contributed by atoms with Gasteiger partial charge in [0.1, 0.15) is 23.4 Å². The number of aromatic amines is 1. The zero-order valence-corrected chi connectivity index (χ0v) is 27.8. The van der Waals surface area contributed by atoms with Crippen molar-refractivity contribution in [3.8, 4) is 0 Å². The van der Waals surface area contributed by atoms with Gasteiger partial charge in [-0.1, -0.05) is 75.9 Å². The molecule has 0 saturated heterocycles. The maximum Gasteiger partial charge on any atom is 0.408 e. The summed E-state index contributed by atoms with van der Waals surface area (Å²) < 4.78 is 14.0. The third-order valence-corrected chi connectivity index (χ3v) is 9.70. The van der Waals surface area contributed by atoms with Gasteiger partial charge >= 0.3 is 6.09 Å². The van der Waals surface area contributed by atoms with Gasteiger partial charge in [0.15, 0.2) is 0 Å². The molecule has 3 aromatic rings. The normalized spacial score (nSPS) is 18.6. The van der Waals surface area contributed by atoms with Crippen molar-refractivity contribution >= 4 is 57.9 Å². The Bertz CT molecular complexity index is 1650. The van der Waals surface area contributed by atoms with E-state index in [9.17, 15) is 28.7 Å². The van der Waals surface area contributed by atoms with E-state index in [0.717, 1.165) is 16.2 Å². The molecular formula is C33H40Cl2FN5O5. The average molecular weight is 677 g/mol. The summed E-state index contributed by atoms with van der Waals surface area (Å²) in [4.78, 5) is 58.0. The number of amides is 4. The summed E-state index contributed by atoms with van der Waals surface area (Å²) in [6.07, 6.45) is 0.0849. The fourth-order valence-electron chi connectivity index (χ4n) is 6.19. The molecule has 0 spiro atoms. The summed E-state index contributed by atoms with van der Waals surface area (Å²) in [5.74, 6) is -3.33. The van der Waals surface area contributed by atoms with E-state index in [2.05, 4.69) is 15.6 Å². The van der Waals surface area contributed by atoms with Crippen LogP contribution in [0.1, 0.15) is 63.8 Å². The van der Waals surface area contributed by atoms with Crippen molar-refractivity contribution in [2.24, 2.45) is 17.6 Å². The van der Waals surface area contributed by atoms with Crippen LogP contribution in [-0.2, 0) is 33.8 Å². The van der Waals surface area contributed by atoms with E-state index in [0.29, 0.717) is 45.8 Å². The number of carbonyl (C=O) groups excluding carboxylic acids is 3. The van der Waals surface area contributed by atoms with Crippen LogP contribution in [0.4, 0.5) is 9.18 Å². The molecule has 0 fully saturated rings. The molecule has 10 nitrogen and oxygen atoms in total. The second-order valence-corrected chi connectivity index (χ2v) is 13.1. The third kappa shape index (κ3) is 7.25. The number of primary amides is 1. The minimum Gasteiger partial charge on any atom is -0.465 e. The maximum absolute atomic E-state index is 14.3. The molecule has 248 valence electrons. The van der Waals surface area contributed by atoms with Gasteiger partial charge in [0.05, 0.1) is 10.5 Å².